The van der Waals surface area contributed by atoms with Crippen LogP contribution in [-0.2, 0) is 19.1 Å². The third kappa shape index (κ3) is 11.0. The second-order valence-corrected chi connectivity index (χ2v) is 9.98. The fraction of sp³-hybridized carbons (Fsp3) is 0.406. The summed E-state index contributed by atoms with van der Waals surface area (Å²) in [4.78, 5) is 36.1. The quantitative estimate of drug-likeness (QED) is 0.220. The van der Waals surface area contributed by atoms with Crippen LogP contribution in [-0.4, -0.2) is 23.6 Å². The van der Waals surface area contributed by atoms with Gasteiger partial charge in [-0.15, -0.1) is 0 Å². The Hall–Kier alpha value is -3.27. The zero-order valence-electron chi connectivity index (χ0n) is 23.2. The van der Waals surface area contributed by atoms with E-state index in [-0.39, 0.29) is 29.8 Å². The number of ether oxygens (including phenoxy) is 1. The minimum absolute atomic E-state index is 0.00476. The van der Waals surface area contributed by atoms with Crippen molar-refractivity contribution < 1.29 is 19.1 Å². The molecule has 36 heavy (non-hydrogen) atoms. The first-order chi connectivity index (χ1) is 16.9. The van der Waals surface area contributed by atoms with E-state index in [1.54, 1.807) is 6.92 Å². The number of ketones is 2. The van der Waals surface area contributed by atoms with Crippen molar-refractivity contribution in [3.05, 3.63) is 94.7 Å². The molecule has 0 amide bonds. The smallest absolute Gasteiger partial charge is 0.306 e. The number of esters is 1. The van der Waals surface area contributed by atoms with Gasteiger partial charge in [0.25, 0.3) is 0 Å². The Morgan fingerprint density at radius 2 is 1.44 bits per heavy atom. The van der Waals surface area contributed by atoms with E-state index in [1.165, 1.54) is 12.5 Å². The van der Waals surface area contributed by atoms with E-state index in [0.29, 0.717) is 12.0 Å². The van der Waals surface area contributed by atoms with Crippen molar-refractivity contribution in [3.63, 3.8) is 0 Å². The molecule has 0 aromatic heterocycles. The molecule has 4 heteroatoms. The van der Waals surface area contributed by atoms with E-state index in [2.05, 4.69) is 45.9 Å². The summed E-state index contributed by atoms with van der Waals surface area (Å²) in [5.74, 6) is -0.747. The summed E-state index contributed by atoms with van der Waals surface area (Å²) >= 11 is 0. The van der Waals surface area contributed by atoms with Crippen LogP contribution in [0, 0.1) is 5.41 Å². The van der Waals surface area contributed by atoms with Crippen molar-refractivity contribution in [2.75, 3.05) is 0 Å². The fourth-order valence-corrected chi connectivity index (χ4v) is 3.90. The number of allylic oxidation sites excluding steroid dienone is 15. The van der Waals surface area contributed by atoms with Gasteiger partial charge in [-0.05, 0) is 58.1 Å². The van der Waals surface area contributed by atoms with Gasteiger partial charge in [-0.2, -0.15) is 0 Å². The lowest BCUT2D eigenvalue weighted by Crippen LogP contribution is -2.39. The highest BCUT2D eigenvalue weighted by Crippen LogP contribution is 2.40. The van der Waals surface area contributed by atoms with Crippen LogP contribution in [0.3, 0.4) is 0 Å². The third-order valence-corrected chi connectivity index (χ3v) is 5.94. The maximum absolute atomic E-state index is 12.9. The zero-order valence-corrected chi connectivity index (χ0v) is 23.2. The van der Waals surface area contributed by atoms with Crippen molar-refractivity contribution >= 4 is 17.5 Å². The van der Waals surface area contributed by atoms with Crippen LogP contribution in [0.15, 0.2) is 94.7 Å². The van der Waals surface area contributed by atoms with Crippen molar-refractivity contribution in [3.8, 4) is 0 Å². The molecule has 1 aliphatic carbocycles. The fourth-order valence-electron chi connectivity index (χ4n) is 3.90. The summed E-state index contributed by atoms with van der Waals surface area (Å²) in [6.45, 7) is 15.5. The van der Waals surface area contributed by atoms with Crippen molar-refractivity contribution in [1.29, 1.82) is 0 Å². The second-order valence-electron chi connectivity index (χ2n) is 9.98. The number of hydrogen-bond acceptors (Lipinski definition) is 4. The van der Waals surface area contributed by atoms with E-state index >= 15 is 0 Å². The number of rotatable bonds is 11. The molecule has 1 atom stereocenters. The Morgan fingerprint density at radius 1 is 0.889 bits per heavy atom. The van der Waals surface area contributed by atoms with Crippen LogP contribution in [0.1, 0.15) is 74.7 Å². The molecular formula is C32H42O4. The van der Waals surface area contributed by atoms with Crippen molar-refractivity contribution in [1.82, 2.24) is 0 Å². The van der Waals surface area contributed by atoms with Gasteiger partial charge in [-0.25, -0.2) is 0 Å². The first kappa shape index (κ1) is 30.8. The van der Waals surface area contributed by atoms with Crippen LogP contribution in [0.5, 0.6) is 0 Å². The minimum atomic E-state index is -0.803. The van der Waals surface area contributed by atoms with E-state index in [1.807, 2.05) is 62.5 Å². The highest BCUT2D eigenvalue weighted by molar-refractivity contribution is 6.01. The first-order valence-electron chi connectivity index (χ1n) is 12.5. The summed E-state index contributed by atoms with van der Waals surface area (Å²) in [7, 11) is 0. The molecule has 0 spiro atoms. The molecule has 1 unspecified atom stereocenters. The molecule has 1 aliphatic rings. The van der Waals surface area contributed by atoms with Crippen LogP contribution >= 0.6 is 0 Å². The highest BCUT2D eigenvalue weighted by Gasteiger charge is 2.39. The van der Waals surface area contributed by atoms with E-state index in [0.717, 1.165) is 16.7 Å². The Balaban J connectivity index is 2.87. The topological polar surface area (TPSA) is 60.4 Å². The molecule has 0 N–H and O–H groups in total. The number of carbonyl (C=O) groups is 3. The molecule has 0 aliphatic heterocycles. The molecule has 0 heterocycles. The van der Waals surface area contributed by atoms with E-state index in [4.69, 9.17) is 4.74 Å². The molecular weight excluding hydrogens is 448 g/mol. The Morgan fingerprint density at radius 3 is 2.03 bits per heavy atom. The number of Topliss-reactive ketones (excluding diaryl/α,β-unsaturated/α-hetero) is 2. The maximum Gasteiger partial charge on any atom is 0.306 e. The van der Waals surface area contributed by atoms with Crippen molar-refractivity contribution in [2.45, 2.75) is 80.8 Å². The summed E-state index contributed by atoms with van der Waals surface area (Å²) in [6.07, 6.45) is 22.1. The lowest BCUT2D eigenvalue weighted by Gasteiger charge is -2.36. The minimum Gasteiger partial charge on any atom is -0.454 e. The maximum atomic E-state index is 12.9. The van der Waals surface area contributed by atoms with Gasteiger partial charge < -0.3 is 9.53 Å². The summed E-state index contributed by atoms with van der Waals surface area (Å²) in [5, 5.41) is 0. The first-order valence-corrected chi connectivity index (χ1v) is 12.5. The van der Waals surface area contributed by atoms with E-state index < -0.39 is 12.1 Å². The van der Waals surface area contributed by atoms with Crippen LogP contribution in [0.4, 0.5) is 0 Å². The second kappa shape index (κ2) is 15.0. The summed E-state index contributed by atoms with van der Waals surface area (Å²) < 4.78 is 5.43. The van der Waals surface area contributed by atoms with E-state index in [9.17, 15) is 14.4 Å². The summed E-state index contributed by atoms with van der Waals surface area (Å²) in [6, 6.07) is 0. The predicted molar refractivity (Wildman–Crippen MR) is 149 cm³/mol. The average molecular weight is 491 g/mol. The SMILES string of the molecule is C/C=C/C(C)=C/C=C/C=C(C)/C=C/C=C(C)/C=C/C1=C(C)C(=O)C(OC(=O)CCC(C)=O)CC1(C)C. The molecule has 0 fully saturated rings. The number of hydrogen-bond donors (Lipinski definition) is 0. The summed E-state index contributed by atoms with van der Waals surface area (Å²) in [5.41, 5.74) is 4.62. The van der Waals surface area contributed by atoms with Gasteiger partial charge in [-0.1, -0.05) is 97.4 Å². The Labute approximate surface area is 217 Å². The molecule has 1 rings (SSSR count). The van der Waals surface area contributed by atoms with Crippen LogP contribution < -0.4 is 0 Å². The van der Waals surface area contributed by atoms with Gasteiger partial charge in [0, 0.05) is 12.8 Å². The molecule has 0 aromatic rings. The van der Waals surface area contributed by atoms with Gasteiger partial charge >= 0.3 is 5.97 Å². The standard InChI is InChI=1S/C32H42O4/c1-9-13-23(2)14-10-11-15-24(3)16-12-17-25(4)18-20-28-27(6)31(35)29(22-32(28,7)8)36-30(34)21-19-26(5)33/h9-18,20,29H,19,21-22H2,1-8H3/b11-10+,13-9+,16-12+,20-18+,23-14+,24-15+,25-17+. The van der Waals surface area contributed by atoms with Crippen LogP contribution in [0.25, 0.3) is 0 Å². The van der Waals surface area contributed by atoms with Gasteiger partial charge in [0.15, 0.2) is 11.9 Å². The molecule has 0 bridgehead atoms. The largest absolute Gasteiger partial charge is 0.454 e. The molecule has 0 saturated carbocycles. The molecule has 0 saturated heterocycles. The molecule has 194 valence electrons. The Bertz CT molecular complexity index is 1070. The van der Waals surface area contributed by atoms with Crippen LogP contribution in [0.2, 0.25) is 0 Å². The van der Waals surface area contributed by atoms with Gasteiger partial charge in [0.1, 0.15) is 5.78 Å². The molecule has 0 aromatic carbocycles. The van der Waals surface area contributed by atoms with Gasteiger partial charge in [0.2, 0.25) is 0 Å². The monoisotopic (exact) mass is 490 g/mol. The lowest BCUT2D eigenvalue weighted by molar-refractivity contribution is -0.156. The molecule has 4 nitrogen and oxygen atoms in total. The van der Waals surface area contributed by atoms with Crippen molar-refractivity contribution in [2.24, 2.45) is 5.41 Å². The third-order valence-electron chi connectivity index (χ3n) is 5.94. The number of carbonyl (C=O) groups excluding carboxylic acids is 3. The molecule has 0 radical (unpaired) electrons. The zero-order chi connectivity index (χ0) is 27.3. The lowest BCUT2D eigenvalue weighted by atomic mass is 9.71. The Kier molecular flexibility index (Phi) is 12.8. The predicted octanol–water partition coefficient (Wildman–Crippen LogP) is 7.67. The van der Waals surface area contributed by atoms with Gasteiger partial charge in [0.05, 0.1) is 6.42 Å². The highest BCUT2D eigenvalue weighted by atomic mass is 16.5. The van der Waals surface area contributed by atoms with Gasteiger partial charge in [-0.3, -0.25) is 9.59 Å². The normalized spacial score (nSPS) is 19.9. The average Bonchev–Trinajstić information content (AvgIpc) is 2.78.